The van der Waals surface area contributed by atoms with Crippen LogP contribution in [0, 0.1) is 6.92 Å². The van der Waals surface area contributed by atoms with Crippen molar-refractivity contribution in [2.75, 3.05) is 0 Å². The Balaban J connectivity index is 2.80. The number of nitrogens with zero attached hydrogens (tertiary/aromatic N) is 2. The monoisotopic (exact) mass is 167 g/mol. The second kappa shape index (κ2) is 2.32. The maximum Gasteiger partial charge on any atom is 0.194 e. The van der Waals surface area contributed by atoms with Crippen molar-refractivity contribution in [1.29, 1.82) is 0 Å². The molecule has 0 aliphatic heterocycles. The first-order valence-corrected chi connectivity index (χ1v) is 4.31. The van der Waals surface area contributed by atoms with E-state index < -0.39 is 0 Å². The van der Waals surface area contributed by atoms with Crippen LogP contribution in [0.25, 0.3) is 4.96 Å². The summed E-state index contributed by atoms with van der Waals surface area (Å²) < 4.78 is 2.09. The maximum absolute atomic E-state index is 5.55. The number of rotatable bonds is 1. The number of imidazole rings is 1. The van der Waals surface area contributed by atoms with Gasteiger partial charge >= 0.3 is 0 Å². The molecule has 0 aliphatic rings. The van der Waals surface area contributed by atoms with Gasteiger partial charge in [0, 0.05) is 29.5 Å². The van der Waals surface area contributed by atoms with Gasteiger partial charge < -0.3 is 5.73 Å². The van der Waals surface area contributed by atoms with Crippen molar-refractivity contribution in [3.63, 3.8) is 0 Å². The lowest BCUT2D eigenvalue weighted by Gasteiger charge is -1.94. The van der Waals surface area contributed by atoms with Crippen LogP contribution in [-0.2, 0) is 6.54 Å². The van der Waals surface area contributed by atoms with E-state index in [1.807, 2.05) is 13.1 Å². The number of thiazole rings is 1. The Morgan fingerprint density at radius 1 is 1.73 bits per heavy atom. The molecule has 0 amide bonds. The van der Waals surface area contributed by atoms with Gasteiger partial charge in [-0.15, -0.1) is 11.3 Å². The van der Waals surface area contributed by atoms with Crippen LogP contribution in [0.5, 0.6) is 0 Å². The normalized spacial score (nSPS) is 11.1. The second-order valence-electron chi connectivity index (χ2n) is 2.45. The summed E-state index contributed by atoms with van der Waals surface area (Å²) in [6.07, 6.45) is 1.87. The van der Waals surface area contributed by atoms with Crippen molar-refractivity contribution >= 4 is 16.3 Å². The van der Waals surface area contributed by atoms with E-state index in [2.05, 4.69) is 14.8 Å². The van der Waals surface area contributed by atoms with Crippen molar-refractivity contribution in [2.24, 2.45) is 5.73 Å². The highest BCUT2D eigenvalue weighted by Gasteiger charge is 2.04. The van der Waals surface area contributed by atoms with Crippen LogP contribution >= 0.6 is 11.3 Å². The molecule has 0 bridgehead atoms. The first-order valence-electron chi connectivity index (χ1n) is 3.43. The fourth-order valence-corrected chi connectivity index (χ4v) is 2.08. The van der Waals surface area contributed by atoms with Crippen LogP contribution in [0.2, 0.25) is 0 Å². The van der Waals surface area contributed by atoms with Crippen LogP contribution in [-0.4, -0.2) is 9.38 Å². The van der Waals surface area contributed by atoms with Gasteiger partial charge in [-0.2, -0.15) is 0 Å². The van der Waals surface area contributed by atoms with Gasteiger partial charge in [-0.05, 0) is 6.92 Å². The molecular weight excluding hydrogens is 158 g/mol. The predicted molar refractivity (Wildman–Crippen MR) is 45.7 cm³/mol. The van der Waals surface area contributed by atoms with Gasteiger partial charge in [0.25, 0.3) is 0 Å². The zero-order chi connectivity index (χ0) is 7.84. The third kappa shape index (κ3) is 0.868. The van der Waals surface area contributed by atoms with E-state index in [9.17, 15) is 0 Å². The molecular formula is C7H9N3S. The molecule has 2 aromatic rings. The predicted octanol–water partition coefficient (Wildman–Crippen LogP) is 1.16. The number of aromatic nitrogens is 2. The van der Waals surface area contributed by atoms with Crippen molar-refractivity contribution in [3.8, 4) is 0 Å². The van der Waals surface area contributed by atoms with Crippen molar-refractivity contribution in [3.05, 3.63) is 23.0 Å². The van der Waals surface area contributed by atoms with Crippen LogP contribution in [0.4, 0.5) is 0 Å². The summed E-state index contributed by atoms with van der Waals surface area (Å²) in [4.78, 5) is 5.24. The van der Waals surface area contributed by atoms with Gasteiger partial charge in [0.15, 0.2) is 4.96 Å². The number of hydrogen-bond donors (Lipinski definition) is 1. The Morgan fingerprint density at radius 2 is 2.55 bits per heavy atom. The maximum atomic E-state index is 5.55. The number of fused-ring (bicyclic) bond motifs is 1. The topological polar surface area (TPSA) is 43.3 Å². The molecule has 0 saturated carbocycles. The number of nitrogens with two attached hydrogens (primary N) is 1. The summed E-state index contributed by atoms with van der Waals surface area (Å²) in [5.74, 6) is 0. The van der Waals surface area contributed by atoms with E-state index in [0.29, 0.717) is 6.54 Å². The van der Waals surface area contributed by atoms with Crippen LogP contribution in [0.1, 0.15) is 11.4 Å². The van der Waals surface area contributed by atoms with E-state index in [-0.39, 0.29) is 0 Å². The zero-order valence-corrected chi connectivity index (χ0v) is 7.06. The smallest absolute Gasteiger partial charge is 0.194 e. The highest BCUT2D eigenvalue weighted by molar-refractivity contribution is 7.15. The molecule has 11 heavy (non-hydrogen) atoms. The molecule has 0 saturated heterocycles. The molecule has 2 rings (SSSR count). The van der Waals surface area contributed by atoms with Crippen molar-refractivity contribution < 1.29 is 0 Å². The highest BCUT2D eigenvalue weighted by atomic mass is 32.1. The van der Waals surface area contributed by atoms with E-state index in [0.717, 1.165) is 16.3 Å². The molecule has 2 N–H and O–H groups in total. The SMILES string of the molecule is Cc1cnc2scc(CN)n12. The second-order valence-corrected chi connectivity index (χ2v) is 3.29. The number of hydrogen-bond acceptors (Lipinski definition) is 3. The Labute approximate surface area is 68.5 Å². The molecule has 58 valence electrons. The molecule has 0 spiro atoms. The molecule has 3 nitrogen and oxygen atoms in total. The summed E-state index contributed by atoms with van der Waals surface area (Å²) >= 11 is 1.63. The van der Waals surface area contributed by atoms with E-state index in [4.69, 9.17) is 5.73 Å². The van der Waals surface area contributed by atoms with Crippen LogP contribution < -0.4 is 5.73 Å². The van der Waals surface area contributed by atoms with Crippen molar-refractivity contribution in [1.82, 2.24) is 9.38 Å². The summed E-state index contributed by atoms with van der Waals surface area (Å²) in [6, 6.07) is 0. The van der Waals surface area contributed by atoms with Gasteiger partial charge in [-0.1, -0.05) is 0 Å². The van der Waals surface area contributed by atoms with Crippen LogP contribution in [0.15, 0.2) is 11.6 Å². The molecule has 0 aliphatic carbocycles. The van der Waals surface area contributed by atoms with Gasteiger partial charge in [-0.3, -0.25) is 4.40 Å². The molecule has 4 heteroatoms. The number of aryl methyl sites for hydroxylation is 1. The van der Waals surface area contributed by atoms with Crippen LogP contribution in [0.3, 0.4) is 0 Å². The first kappa shape index (κ1) is 6.82. The van der Waals surface area contributed by atoms with Gasteiger partial charge in [0.05, 0.1) is 0 Å². The van der Waals surface area contributed by atoms with Gasteiger partial charge in [0.2, 0.25) is 0 Å². The summed E-state index contributed by atoms with van der Waals surface area (Å²) in [5.41, 5.74) is 7.84. The lowest BCUT2D eigenvalue weighted by Crippen LogP contribution is -2.00. The fraction of sp³-hybridized carbons (Fsp3) is 0.286. The minimum atomic E-state index is 0.581. The molecule has 0 radical (unpaired) electrons. The van der Waals surface area contributed by atoms with Gasteiger partial charge in [0.1, 0.15) is 0 Å². The average molecular weight is 167 g/mol. The molecule has 0 unspecified atom stereocenters. The standard InChI is InChI=1S/C7H9N3S/c1-5-3-9-7-10(5)6(2-8)4-11-7/h3-4H,2,8H2,1H3. The zero-order valence-electron chi connectivity index (χ0n) is 6.24. The molecule has 0 atom stereocenters. The summed E-state index contributed by atoms with van der Waals surface area (Å²) in [6.45, 7) is 2.61. The van der Waals surface area contributed by atoms with Crippen molar-refractivity contribution in [2.45, 2.75) is 13.5 Å². The molecule has 2 aromatic heterocycles. The fourth-order valence-electron chi connectivity index (χ4n) is 1.16. The average Bonchev–Trinajstić information content (AvgIpc) is 2.54. The third-order valence-corrected chi connectivity index (χ3v) is 2.59. The van der Waals surface area contributed by atoms with E-state index in [1.165, 1.54) is 0 Å². The molecule has 0 fully saturated rings. The Morgan fingerprint density at radius 3 is 3.27 bits per heavy atom. The quantitative estimate of drug-likeness (QED) is 0.692. The minimum absolute atomic E-state index is 0.581. The largest absolute Gasteiger partial charge is 0.325 e. The molecule has 0 aromatic carbocycles. The van der Waals surface area contributed by atoms with Gasteiger partial charge in [-0.25, -0.2) is 4.98 Å². The lowest BCUT2D eigenvalue weighted by atomic mass is 10.4. The Hall–Kier alpha value is -0.870. The lowest BCUT2D eigenvalue weighted by molar-refractivity contribution is 0.943. The minimum Gasteiger partial charge on any atom is -0.325 e. The first-order chi connectivity index (χ1) is 5.33. The highest BCUT2D eigenvalue weighted by Crippen LogP contribution is 2.16. The third-order valence-electron chi connectivity index (χ3n) is 1.70. The molecule has 2 heterocycles. The van der Waals surface area contributed by atoms with E-state index in [1.54, 1.807) is 11.3 Å². The Kier molecular flexibility index (Phi) is 1.44. The Bertz CT molecular complexity index is 374. The van der Waals surface area contributed by atoms with E-state index >= 15 is 0 Å². The summed E-state index contributed by atoms with van der Waals surface area (Å²) in [5, 5.41) is 2.05. The summed E-state index contributed by atoms with van der Waals surface area (Å²) in [7, 11) is 0.